The quantitative estimate of drug-likeness (QED) is 0.745. The Morgan fingerprint density at radius 1 is 1.00 bits per heavy atom. The van der Waals surface area contributed by atoms with E-state index in [9.17, 15) is 18.0 Å². The first-order valence-corrected chi connectivity index (χ1v) is 9.53. The molecule has 0 saturated carbocycles. The molecule has 148 valence electrons. The standard InChI is InChI=1S/C22H22F3NO2/c23-22(24,25)13-28-10-9-20(27)26-12-14-11-19-15-5-1-3-7-17(15)21(14)18-8-4-2-6-16(18)19/h1-8,14,19,21H,9-13H2,(H,26,27). The second-order valence-corrected chi connectivity index (χ2v) is 7.51. The fraction of sp³-hybridized carbons (Fsp3) is 0.409. The van der Waals surface area contributed by atoms with Gasteiger partial charge in [0, 0.05) is 24.8 Å². The number of carbonyl (C=O) groups excluding carboxylic acids is 1. The number of hydrogen-bond acceptors (Lipinski definition) is 2. The van der Waals surface area contributed by atoms with Gasteiger partial charge in [-0.3, -0.25) is 4.79 Å². The van der Waals surface area contributed by atoms with Crippen molar-refractivity contribution in [1.29, 1.82) is 0 Å². The maximum Gasteiger partial charge on any atom is 0.411 e. The third-order valence-electron chi connectivity index (χ3n) is 5.72. The van der Waals surface area contributed by atoms with Gasteiger partial charge in [0.05, 0.1) is 6.61 Å². The van der Waals surface area contributed by atoms with Crippen LogP contribution in [-0.2, 0) is 9.53 Å². The molecule has 3 nitrogen and oxygen atoms in total. The maximum atomic E-state index is 12.1. The van der Waals surface area contributed by atoms with Crippen LogP contribution in [-0.4, -0.2) is 31.8 Å². The van der Waals surface area contributed by atoms with Crippen LogP contribution in [0.5, 0.6) is 0 Å². The van der Waals surface area contributed by atoms with Crippen molar-refractivity contribution in [2.75, 3.05) is 19.8 Å². The first-order chi connectivity index (χ1) is 13.4. The zero-order valence-corrected chi connectivity index (χ0v) is 15.3. The topological polar surface area (TPSA) is 38.3 Å². The van der Waals surface area contributed by atoms with E-state index >= 15 is 0 Å². The van der Waals surface area contributed by atoms with Gasteiger partial charge in [0.15, 0.2) is 0 Å². The zero-order chi connectivity index (χ0) is 19.7. The van der Waals surface area contributed by atoms with Crippen LogP contribution < -0.4 is 5.32 Å². The van der Waals surface area contributed by atoms with Crippen LogP contribution in [0.3, 0.4) is 0 Å². The van der Waals surface area contributed by atoms with Crippen molar-refractivity contribution in [3.8, 4) is 0 Å². The predicted octanol–water partition coefficient (Wildman–Crippen LogP) is 4.37. The Balaban J connectivity index is 1.40. The van der Waals surface area contributed by atoms with Gasteiger partial charge in [0.1, 0.15) is 6.61 Å². The van der Waals surface area contributed by atoms with E-state index < -0.39 is 12.8 Å². The van der Waals surface area contributed by atoms with Gasteiger partial charge in [-0.15, -0.1) is 0 Å². The highest BCUT2D eigenvalue weighted by Gasteiger charge is 2.42. The zero-order valence-electron chi connectivity index (χ0n) is 15.3. The SMILES string of the molecule is O=C(CCOCC(F)(F)F)NCC1CC2c3ccccc3C1c1ccccc12. The van der Waals surface area contributed by atoms with Gasteiger partial charge in [-0.2, -0.15) is 13.2 Å². The maximum absolute atomic E-state index is 12.1. The number of halogens is 3. The van der Waals surface area contributed by atoms with Crippen LogP contribution in [0.2, 0.25) is 0 Å². The number of benzene rings is 2. The summed E-state index contributed by atoms with van der Waals surface area (Å²) in [5, 5.41) is 2.90. The van der Waals surface area contributed by atoms with E-state index in [2.05, 4.69) is 58.6 Å². The van der Waals surface area contributed by atoms with Crippen molar-refractivity contribution in [3.05, 3.63) is 70.8 Å². The number of hydrogen-bond donors (Lipinski definition) is 1. The number of carbonyl (C=O) groups is 1. The molecule has 0 heterocycles. The molecule has 3 aliphatic rings. The van der Waals surface area contributed by atoms with Gasteiger partial charge in [-0.1, -0.05) is 48.5 Å². The molecule has 1 atom stereocenters. The lowest BCUT2D eigenvalue weighted by Crippen LogP contribution is -2.39. The summed E-state index contributed by atoms with van der Waals surface area (Å²) in [6.45, 7) is -1.03. The molecule has 0 saturated heterocycles. The molecule has 2 aromatic carbocycles. The summed E-state index contributed by atoms with van der Waals surface area (Å²) in [7, 11) is 0. The van der Waals surface area contributed by atoms with E-state index in [1.807, 2.05) is 0 Å². The molecule has 28 heavy (non-hydrogen) atoms. The Morgan fingerprint density at radius 3 is 2.14 bits per heavy atom. The number of alkyl halides is 3. The lowest BCUT2D eigenvalue weighted by atomic mass is 9.59. The van der Waals surface area contributed by atoms with Crippen molar-refractivity contribution in [2.24, 2.45) is 5.92 Å². The molecule has 3 aliphatic carbocycles. The van der Waals surface area contributed by atoms with Gasteiger partial charge < -0.3 is 10.1 Å². The van der Waals surface area contributed by atoms with Crippen molar-refractivity contribution in [1.82, 2.24) is 5.32 Å². The number of fused-ring (bicyclic) bond motifs is 1. The molecule has 0 aromatic heterocycles. The minimum absolute atomic E-state index is 0.0654. The summed E-state index contributed by atoms with van der Waals surface area (Å²) in [6, 6.07) is 17.0. The summed E-state index contributed by atoms with van der Waals surface area (Å²) < 4.78 is 40.7. The minimum Gasteiger partial charge on any atom is -0.372 e. The molecular weight excluding hydrogens is 367 g/mol. The molecular formula is C22H22F3NO2. The number of nitrogens with one attached hydrogen (secondary N) is 1. The Hall–Kier alpha value is -2.34. The van der Waals surface area contributed by atoms with Crippen LogP contribution in [0.4, 0.5) is 13.2 Å². The Morgan fingerprint density at radius 2 is 1.57 bits per heavy atom. The van der Waals surface area contributed by atoms with Crippen molar-refractivity contribution in [2.45, 2.75) is 30.9 Å². The fourth-order valence-electron chi connectivity index (χ4n) is 4.65. The smallest absolute Gasteiger partial charge is 0.372 e. The van der Waals surface area contributed by atoms with Crippen LogP contribution in [0.15, 0.2) is 48.5 Å². The summed E-state index contributed by atoms with van der Waals surface area (Å²) in [4.78, 5) is 12.0. The summed E-state index contributed by atoms with van der Waals surface area (Å²) in [5.41, 5.74) is 5.39. The van der Waals surface area contributed by atoms with Crippen molar-refractivity contribution >= 4 is 5.91 Å². The first kappa shape index (κ1) is 19.0. The second-order valence-electron chi connectivity index (χ2n) is 7.51. The molecule has 6 heteroatoms. The molecule has 1 unspecified atom stereocenters. The van der Waals surface area contributed by atoms with Gasteiger partial charge in [-0.25, -0.2) is 0 Å². The minimum atomic E-state index is -4.36. The first-order valence-electron chi connectivity index (χ1n) is 9.53. The molecule has 1 amide bonds. The molecule has 0 aliphatic heterocycles. The van der Waals surface area contributed by atoms with E-state index in [-0.39, 0.29) is 30.8 Å². The molecule has 2 aromatic rings. The molecule has 0 fully saturated rings. The average molecular weight is 389 g/mol. The summed E-state index contributed by atoms with van der Waals surface area (Å²) in [6.07, 6.45) is -3.47. The molecule has 2 bridgehead atoms. The van der Waals surface area contributed by atoms with Crippen LogP contribution in [0.25, 0.3) is 0 Å². The molecule has 0 radical (unpaired) electrons. The van der Waals surface area contributed by atoms with Crippen LogP contribution in [0, 0.1) is 5.92 Å². The molecule has 1 N–H and O–H groups in total. The lowest BCUT2D eigenvalue weighted by molar-refractivity contribution is -0.174. The van der Waals surface area contributed by atoms with Gasteiger partial charge >= 0.3 is 6.18 Å². The Bertz CT molecular complexity index is 817. The van der Waals surface area contributed by atoms with E-state index in [0.717, 1.165) is 6.42 Å². The van der Waals surface area contributed by atoms with E-state index in [1.165, 1.54) is 22.3 Å². The highest BCUT2D eigenvalue weighted by Crippen LogP contribution is 2.55. The van der Waals surface area contributed by atoms with Crippen molar-refractivity contribution in [3.63, 3.8) is 0 Å². The highest BCUT2D eigenvalue weighted by atomic mass is 19.4. The van der Waals surface area contributed by atoms with E-state index in [4.69, 9.17) is 0 Å². The summed E-state index contributed by atoms with van der Waals surface area (Å²) in [5.74, 6) is 0.564. The second kappa shape index (κ2) is 7.59. The third kappa shape index (κ3) is 3.78. The largest absolute Gasteiger partial charge is 0.411 e. The van der Waals surface area contributed by atoms with Gasteiger partial charge in [0.2, 0.25) is 5.91 Å². The number of ether oxygens (including phenoxy) is 1. The number of amides is 1. The van der Waals surface area contributed by atoms with Gasteiger partial charge in [-0.05, 0) is 34.6 Å². The van der Waals surface area contributed by atoms with E-state index in [1.54, 1.807) is 0 Å². The predicted molar refractivity (Wildman–Crippen MR) is 99.2 cm³/mol. The average Bonchev–Trinajstić information content (AvgIpc) is 2.69. The normalized spacial score (nSPS) is 22.5. The highest BCUT2D eigenvalue weighted by molar-refractivity contribution is 5.76. The lowest BCUT2D eigenvalue weighted by Gasteiger charge is -2.45. The van der Waals surface area contributed by atoms with Crippen LogP contribution in [0.1, 0.15) is 46.9 Å². The summed E-state index contributed by atoms with van der Waals surface area (Å²) >= 11 is 0. The van der Waals surface area contributed by atoms with E-state index in [0.29, 0.717) is 12.5 Å². The Labute approximate surface area is 161 Å². The van der Waals surface area contributed by atoms with Crippen LogP contribution >= 0.6 is 0 Å². The Kier molecular flexibility index (Phi) is 5.15. The molecule has 5 rings (SSSR count). The third-order valence-corrected chi connectivity index (χ3v) is 5.72. The van der Waals surface area contributed by atoms with Gasteiger partial charge in [0.25, 0.3) is 0 Å². The van der Waals surface area contributed by atoms with Crippen molar-refractivity contribution < 1.29 is 22.7 Å². The molecule has 0 spiro atoms. The monoisotopic (exact) mass is 389 g/mol. The fourth-order valence-corrected chi connectivity index (χ4v) is 4.65. The number of rotatable bonds is 6.